The normalized spacial score (nSPS) is 13.9. The molecule has 0 fully saturated rings. The van der Waals surface area contributed by atoms with Crippen LogP contribution in [-0.2, 0) is 18.4 Å². The SMILES string of the molecule is CCCCCCC/C=C\C/C=C\CCCCCCCCCCCCCCCCCCCCCCCCCCCC(=O)NC(COP(=O)(O)OCC[N+](C)(C)C)C(O)/C=C/CC/C=C/CC/C=C/CCCCCCCCCCCCCCCCCCCC. The number of nitrogens with one attached hydrogen (secondary N) is 1. The number of rotatable bonds is 71. The quantitative estimate of drug-likeness (QED) is 0.0243. The van der Waals surface area contributed by atoms with Gasteiger partial charge in [0, 0.05) is 6.42 Å². The van der Waals surface area contributed by atoms with Gasteiger partial charge in [-0.25, -0.2) is 4.57 Å². The predicted molar refractivity (Wildman–Crippen MR) is 383 cm³/mol. The molecule has 3 atom stereocenters. The second-order valence-electron chi connectivity index (χ2n) is 27.4. The average molecular weight is 1240 g/mol. The van der Waals surface area contributed by atoms with E-state index < -0.39 is 20.0 Å². The van der Waals surface area contributed by atoms with E-state index >= 15 is 0 Å². The summed E-state index contributed by atoms with van der Waals surface area (Å²) in [7, 11) is 1.56. The van der Waals surface area contributed by atoms with E-state index in [2.05, 4.69) is 67.8 Å². The smallest absolute Gasteiger partial charge is 0.387 e. The highest BCUT2D eigenvalue weighted by Crippen LogP contribution is 2.43. The molecule has 3 unspecified atom stereocenters. The van der Waals surface area contributed by atoms with Gasteiger partial charge in [-0.3, -0.25) is 13.8 Å². The van der Waals surface area contributed by atoms with Crippen LogP contribution in [0.5, 0.6) is 0 Å². The number of allylic oxidation sites excluding steroid dienone is 9. The Morgan fingerprint density at radius 1 is 0.391 bits per heavy atom. The molecule has 0 spiro atoms. The molecular weight excluding hydrogens is 1090 g/mol. The second kappa shape index (κ2) is 68.6. The van der Waals surface area contributed by atoms with Gasteiger partial charge in [0.1, 0.15) is 13.2 Å². The van der Waals surface area contributed by atoms with Gasteiger partial charge in [0.25, 0.3) is 0 Å². The number of amides is 1. The first-order valence-electron chi connectivity index (χ1n) is 38.2. The standard InChI is InChI=1S/C78H149N2O6P/c1-6-8-10-12-14-16-18-20-22-24-26-28-30-32-34-36-37-38-39-40-41-42-43-44-46-48-50-52-54-56-58-60-62-64-66-68-70-72-78(82)79-76(75-86-87(83,84)85-74-73-80(3,4)5)77(81)71-69-67-65-63-61-59-57-55-53-51-49-47-45-35-33-31-29-27-25-23-21-19-17-15-13-11-9-7-2/h18,20,24,26,53,55,61,63,69,71,76-77,81H,6-17,19,21-23,25,27-52,54,56-60,62,64-68,70,72-75H2,1-5H3,(H-,79,82,83,84)/p+1/b20-18-,26-24-,55-53+,63-61+,71-69+. The molecule has 0 aromatic rings. The third kappa shape index (κ3) is 71.5. The molecule has 0 aliphatic carbocycles. The minimum atomic E-state index is -4.37. The van der Waals surface area contributed by atoms with Gasteiger partial charge in [-0.1, -0.05) is 357 Å². The zero-order valence-corrected chi connectivity index (χ0v) is 59.7. The monoisotopic (exact) mass is 1240 g/mol. The van der Waals surface area contributed by atoms with Crippen molar-refractivity contribution in [3.05, 3.63) is 60.8 Å². The van der Waals surface area contributed by atoms with Crippen molar-refractivity contribution in [3.63, 3.8) is 0 Å². The topological polar surface area (TPSA) is 105 Å². The van der Waals surface area contributed by atoms with E-state index in [1.54, 1.807) is 6.08 Å². The molecule has 0 rings (SSSR count). The molecule has 0 aromatic heterocycles. The maximum absolute atomic E-state index is 13.1. The zero-order valence-electron chi connectivity index (χ0n) is 58.8. The van der Waals surface area contributed by atoms with E-state index in [4.69, 9.17) is 9.05 Å². The van der Waals surface area contributed by atoms with Gasteiger partial charge in [-0.2, -0.15) is 0 Å². The summed E-state index contributed by atoms with van der Waals surface area (Å²) >= 11 is 0. The fourth-order valence-electron chi connectivity index (χ4n) is 11.5. The third-order valence-electron chi connectivity index (χ3n) is 17.4. The van der Waals surface area contributed by atoms with Crippen LogP contribution in [0.25, 0.3) is 0 Å². The van der Waals surface area contributed by atoms with Crippen LogP contribution in [0, 0.1) is 0 Å². The third-order valence-corrected chi connectivity index (χ3v) is 18.4. The summed E-state index contributed by atoms with van der Waals surface area (Å²) in [6.45, 7) is 4.83. The lowest BCUT2D eigenvalue weighted by Crippen LogP contribution is -2.45. The van der Waals surface area contributed by atoms with Crippen LogP contribution in [0.4, 0.5) is 0 Å². The van der Waals surface area contributed by atoms with Crippen molar-refractivity contribution in [2.45, 2.75) is 392 Å². The molecule has 8 nitrogen and oxygen atoms in total. The number of nitrogens with zero attached hydrogens (tertiary/aromatic N) is 1. The number of quaternary nitrogens is 1. The number of phosphoric acid groups is 1. The number of aliphatic hydroxyl groups is 1. The van der Waals surface area contributed by atoms with Crippen molar-refractivity contribution in [2.75, 3.05) is 40.9 Å². The lowest BCUT2D eigenvalue weighted by atomic mass is 10.0. The predicted octanol–water partition coefficient (Wildman–Crippen LogP) is 24.7. The van der Waals surface area contributed by atoms with E-state index in [-0.39, 0.29) is 19.1 Å². The molecule has 0 aliphatic rings. The van der Waals surface area contributed by atoms with Gasteiger partial charge in [0.05, 0.1) is 39.9 Å². The highest BCUT2D eigenvalue weighted by molar-refractivity contribution is 7.47. The molecule has 0 heterocycles. The molecule has 0 aromatic carbocycles. The molecule has 0 radical (unpaired) electrons. The number of hydrogen-bond acceptors (Lipinski definition) is 5. The largest absolute Gasteiger partial charge is 0.472 e. The van der Waals surface area contributed by atoms with Crippen LogP contribution in [0.3, 0.4) is 0 Å². The molecule has 0 aliphatic heterocycles. The molecule has 0 saturated heterocycles. The summed E-state index contributed by atoms with van der Waals surface area (Å²) in [5.74, 6) is -0.184. The summed E-state index contributed by atoms with van der Waals surface area (Å²) in [4.78, 5) is 23.4. The first kappa shape index (κ1) is 85.2. The van der Waals surface area contributed by atoms with Crippen LogP contribution >= 0.6 is 7.82 Å². The Hall–Kier alpha value is -1.80. The minimum absolute atomic E-state index is 0.0541. The fraction of sp³-hybridized carbons (Fsp3) is 0.859. The Morgan fingerprint density at radius 3 is 0.989 bits per heavy atom. The Morgan fingerprint density at radius 2 is 0.667 bits per heavy atom. The first-order chi connectivity index (χ1) is 42.5. The number of aliphatic hydroxyl groups excluding tert-OH is 1. The van der Waals surface area contributed by atoms with Crippen molar-refractivity contribution in [2.24, 2.45) is 0 Å². The Kier molecular flexibility index (Phi) is 67.1. The number of likely N-dealkylation sites (N-methyl/N-ethyl adjacent to an activating group) is 1. The Labute approximate surface area is 542 Å². The highest BCUT2D eigenvalue weighted by atomic mass is 31.2. The van der Waals surface area contributed by atoms with Gasteiger partial charge in [-0.15, -0.1) is 0 Å². The number of unbranched alkanes of at least 4 members (excludes halogenated alkanes) is 50. The van der Waals surface area contributed by atoms with Crippen LogP contribution < -0.4 is 5.32 Å². The number of hydrogen-bond donors (Lipinski definition) is 3. The van der Waals surface area contributed by atoms with E-state index in [0.29, 0.717) is 17.4 Å². The van der Waals surface area contributed by atoms with Gasteiger partial charge in [0.15, 0.2) is 0 Å². The molecule has 3 N–H and O–H groups in total. The fourth-order valence-corrected chi connectivity index (χ4v) is 12.3. The molecule has 512 valence electrons. The minimum Gasteiger partial charge on any atom is -0.387 e. The second-order valence-corrected chi connectivity index (χ2v) is 28.8. The maximum atomic E-state index is 13.1. The molecule has 0 bridgehead atoms. The number of carbonyl (C=O) groups excluding carboxylic acids is 1. The zero-order chi connectivity index (χ0) is 63.4. The number of phosphoric ester groups is 1. The summed E-state index contributed by atoms with van der Waals surface area (Å²) in [5.41, 5.74) is 0. The summed E-state index contributed by atoms with van der Waals surface area (Å²) in [5, 5.41) is 14.0. The molecule has 1 amide bonds. The van der Waals surface area contributed by atoms with Crippen molar-refractivity contribution in [1.82, 2.24) is 5.32 Å². The summed E-state index contributed by atoms with van der Waals surface area (Å²) in [6.07, 6.45) is 95.5. The Bertz CT molecular complexity index is 1600. The van der Waals surface area contributed by atoms with E-state index in [9.17, 15) is 19.4 Å². The Balaban J connectivity index is 4.02. The maximum Gasteiger partial charge on any atom is 0.472 e. The van der Waals surface area contributed by atoms with Crippen molar-refractivity contribution >= 4 is 13.7 Å². The van der Waals surface area contributed by atoms with Crippen molar-refractivity contribution < 1.29 is 32.9 Å². The van der Waals surface area contributed by atoms with Gasteiger partial charge < -0.3 is 19.8 Å². The van der Waals surface area contributed by atoms with Gasteiger partial charge in [0.2, 0.25) is 5.91 Å². The summed E-state index contributed by atoms with van der Waals surface area (Å²) in [6, 6.07) is -0.872. The lowest BCUT2D eigenvalue weighted by molar-refractivity contribution is -0.870. The van der Waals surface area contributed by atoms with E-state index in [0.717, 1.165) is 51.4 Å². The van der Waals surface area contributed by atoms with Crippen LogP contribution in [-0.4, -0.2) is 73.4 Å². The first-order valence-corrected chi connectivity index (χ1v) is 39.7. The van der Waals surface area contributed by atoms with Gasteiger partial charge >= 0.3 is 7.82 Å². The van der Waals surface area contributed by atoms with E-state index in [1.807, 2.05) is 27.2 Å². The summed E-state index contributed by atoms with van der Waals surface area (Å²) < 4.78 is 23.8. The van der Waals surface area contributed by atoms with Crippen LogP contribution in [0.15, 0.2) is 60.8 Å². The van der Waals surface area contributed by atoms with Crippen LogP contribution in [0.2, 0.25) is 0 Å². The highest BCUT2D eigenvalue weighted by Gasteiger charge is 2.28. The van der Waals surface area contributed by atoms with Crippen molar-refractivity contribution in [3.8, 4) is 0 Å². The molecular formula is C78H150N2O6P+. The molecule has 0 saturated carbocycles. The number of carbonyl (C=O) groups is 1. The molecule has 9 heteroatoms. The van der Waals surface area contributed by atoms with Crippen molar-refractivity contribution in [1.29, 1.82) is 0 Å². The van der Waals surface area contributed by atoms with Crippen LogP contribution in [0.1, 0.15) is 380 Å². The lowest BCUT2D eigenvalue weighted by Gasteiger charge is -2.25. The van der Waals surface area contributed by atoms with E-state index in [1.165, 1.54) is 308 Å². The molecule has 87 heavy (non-hydrogen) atoms. The van der Waals surface area contributed by atoms with Gasteiger partial charge in [-0.05, 0) is 77.0 Å². The average Bonchev–Trinajstić information content (AvgIpc) is 3.70.